The van der Waals surface area contributed by atoms with Gasteiger partial charge in [-0.25, -0.2) is 17.9 Å². The van der Waals surface area contributed by atoms with E-state index in [1.165, 1.54) is 15.2 Å². The average molecular weight is 274 g/mol. The predicted octanol–water partition coefficient (Wildman–Crippen LogP) is -0.429. The Bertz CT molecular complexity index is 559. The van der Waals surface area contributed by atoms with Gasteiger partial charge >= 0.3 is 5.97 Å². The maximum Gasteiger partial charge on any atom is 0.358 e. The Hall–Kier alpha value is -1.48. The number of aromatic nitrogens is 3. The Morgan fingerprint density at radius 2 is 2.11 bits per heavy atom. The lowest BCUT2D eigenvalue weighted by atomic mass is 10.2. The standard InChI is InChI=1S/C9H14N4O4S/c1-6(2)18(16,17)12-3-7(4-12)13-5-8(9(14)15)10-11-13/h5-7H,3-4H2,1-2H3,(H,14,15). The van der Waals surface area contributed by atoms with Gasteiger partial charge in [-0.05, 0) is 13.8 Å². The number of hydrogen-bond donors (Lipinski definition) is 1. The van der Waals surface area contributed by atoms with Gasteiger partial charge < -0.3 is 5.11 Å². The zero-order valence-corrected chi connectivity index (χ0v) is 10.8. The first-order valence-electron chi connectivity index (χ1n) is 5.46. The van der Waals surface area contributed by atoms with Crippen LogP contribution in [0.2, 0.25) is 0 Å². The van der Waals surface area contributed by atoms with Crippen LogP contribution >= 0.6 is 0 Å². The van der Waals surface area contributed by atoms with Crippen LogP contribution in [0.15, 0.2) is 6.20 Å². The first-order chi connectivity index (χ1) is 8.32. The number of carbonyl (C=O) groups is 1. The number of carboxylic acid groups (broad SMARTS) is 1. The predicted molar refractivity (Wildman–Crippen MR) is 61.6 cm³/mol. The van der Waals surface area contributed by atoms with Crippen LogP contribution in [0, 0.1) is 0 Å². The normalized spacial score (nSPS) is 17.9. The molecule has 0 amide bonds. The first kappa shape index (κ1) is 13.0. The number of aromatic carboxylic acids is 1. The molecule has 1 N–H and O–H groups in total. The van der Waals surface area contributed by atoms with Gasteiger partial charge in [0.2, 0.25) is 10.0 Å². The topological polar surface area (TPSA) is 105 Å². The molecule has 1 aromatic rings. The second-order valence-electron chi connectivity index (χ2n) is 4.45. The Labute approximate surface area is 104 Å². The molecule has 0 aromatic carbocycles. The molecule has 1 aliphatic rings. The lowest BCUT2D eigenvalue weighted by molar-refractivity contribution is 0.0690. The van der Waals surface area contributed by atoms with Crippen LogP contribution in [0.4, 0.5) is 0 Å². The van der Waals surface area contributed by atoms with Crippen molar-refractivity contribution in [2.45, 2.75) is 25.1 Å². The monoisotopic (exact) mass is 274 g/mol. The number of sulfonamides is 1. The first-order valence-corrected chi connectivity index (χ1v) is 6.96. The third-order valence-electron chi connectivity index (χ3n) is 2.89. The Morgan fingerprint density at radius 3 is 2.56 bits per heavy atom. The van der Waals surface area contributed by atoms with Gasteiger partial charge in [0.1, 0.15) is 0 Å². The highest BCUT2D eigenvalue weighted by Crippen LogP contribution is 2.25. The smallest absolute Gasteiger partial charge is 0.358 e. The minimum absolute atomic E-state index is 0.139. The van der Waals surface area contributed by atoms with Gasteiger partial charge in [-0.1, -0.05) is 5.21 Å². The van der Waals surface area contributed by atoms with E-state index < -0.39 is 21.2 Å². The van der Waals surface area contributed by atoms with E-state index in [9.17, 15) is 13.2 Å². The van der Waals surface area contributed by atoms with Crippen molar-refractivity contribution in [2.24, 2.45) is 0 Å². The summed E-state index contributed by atoms with van der Waals surface area (Å²) in [4.78, 5) is 10.6. The van der Waals surface area contributed by atoms with Gasteiger partial charge in [0.25, 0.3) is 0 Å². The molecular weight excluding hydrogens is 260 g/mol. The van der Waals surface area contributed by atoms with E-state index in [2.05, 4.69) is 10.3 Å². The summed E-state index contributed by atoms with van der Waals surface area (Å²) in [7, 11) is -3.24. The van der Waals surface area contributed by atoms with Crippen LogP contribution < -0.4 is 0 Å². The lowest BCUT2D eigenvalue weighted by Crippen LogP contribution is -2.52. The third-order valence-corrected chi connectivity index (χ3v) is 5.10. The van der Waals surface area contributed by atoms with Gasteiger partial charge in [-0.15, -0.1) is 5.10 Å². The number of nitrogens with zero attached hydrogens (tertiary/aromatic N) is 4. The van der Waals surface area contributed by atoms with Crippen molar-refractivity contribution in [3.05, 3.63) is 11.9 Å². The van der Waals surface area contributed by atoms with Crippen LogP contribution in [0.5, 0.6) is 0 Å². The van der Waals surface area contributed by atoms with E-state index in [-0.39, 0.29) is 11.7 Å². The van der Waals surface area contributed by atoms with Gasteiger partial charge in [-0.2, -0.15) is 4.31 Å². The Balaban J connectivity index is 2.03. The SMILES string of the molecule is CC(C)S(=O)(=O)N1CC(n2cc(C(=O)O)nn2)C1. The molecule has 2 heterocycles. The largest absolute Gasteiger partial charge is 0.476 e. The maximum atomic E-state index is 11.8. The second kappa shape index (κ2) is 4.32. The number of hydrogen-bond acceptors (Lipinski definition) is 5. The van der Waals surface area contributed by atoms with Crippen molar-refractivity contribution in [2.75, 3.05) is 13.1 Å². The molecule has 0 bridgehead atoms. The zero-order chi connectivity index (χ0) is 13.5. The molecule has 100 valence electrons. The van der Waals surface area contributed by atoms with Gasteiger partial charge in [0.05, 0.1) is 17.5 Å². The Morgan fingerprint density at radius 1 is 1.50 bits per heavy atom. The number of rotatable bonds is 4. The molecule has 9 heteroatoms. The highest BCUT2D eigenvalue weighted by Gasteiger charge is 2.38. The van der Waals surface area contributed by atoms with Crippen LogP contribution in [-0.4, -0.2) is 57.1 Å². The maximum absolute atomic E-state index is 11.8. The average Bonchev–Trinajstić information content (AvgIpc) is 2.63. The highest BCUT2D eigenvalue weighted by molar-refractivity contribution is 7.89. The van der Waals surface area contributed by atoms with Crippen LogP contribution in [0.3, 0.4) is 0 Å². The van der Waals surface area contributed by atoms with Gasteiger partial charge in [0.15, 0.2) is 5.69 Å². The van der Waals surface area contributed by atoms with E-state index in [1.54, 1.807) is 13.8 Å². The second-order valence-corrected chi connectivity index (χ2v) is 6.94. The van der Waals surface area contributed by atoms with Crippen LogP contribution in [0.25, 0.3) is 0 Å². The number of carboxylic acids is 1. The molecule has 1 fully saturated rings. The molecule has 0 radical (unpaired) electrons. The summed E-state index contributed by atoms with van der Waals surface area (Å²) in [5, 5.41) is 15.4. The zero-order valence-electron chi connectivity index (χ0n) is 10.0. The molecule has 0 aliphatic carbocycles. The van der Waals surface area contributed by atoms with Crippen molar-refractivity contribution in [1.29, 1.82) is 0 Å². The van der Waals surface area contributed by atoms with Gasteiger partial charge in [0, 0.05) is 13.1 Å². The molecule has 0 atom stereocenters. The summed E-state index contributed by atoms with van der Waals surface area (Å²) < 4.78 is 26.3. The van der Waals surface area contributed by atoms with Crippen molar-refractivity contribution < 1.29 is 18.3 Å². The molecule has 0 unspecified atom stereocenters. The molecule has 1 saturated heterocycles. The fraction of sp³-hybridized carbons (Fsp3) is 0.667. The molecule has 8 nitrogen and oxygen atoms in total. The molecule has 0 saturated carbocycles. The summed E-state index contributed by atoms with van der Waals surface area (Å²) in [6, 6.07) is -0.140. The quantitative estimate of drug-likeness (QED) is 0.798. The van der Waals surface area contributed by atoms with E-state index in [0.29, 0.717) is 13.1 Å². The lowest BCUT2D eigenvalue weighted by Gasteiger charge is -2.38. The van der Waals surface area contributed by atoms with Crippen molar-refractivity contribution in [1.82, 2.24) is 19.3 Å². The summed E-state index contributed by atoms with van der Waals surface area (Å²) in [5.74, 6) is -1.15. The fourth-order valence-corrected chi connectivity index (χ4v) is 3.00. The van der Waals surface area contributed by atoms with E-state index >= 15 is 0 Å². The highest BCUT2D eigenvalue weighted by atomic mass is 32.2. The fourth-order valence-electron chi connectivity index (χ4n) is 1.64. The summed E-state index contributed by atoms with van der Waals surface area (Å²) in [5.41, 5.74) is -0.139. The summed E-state index contributed by atoms with van der Waals surface area (Å²) in [6.45, 7) is 3.87. The third kappa shape index (κ3) is 2.10. The van der Waals surface area contributed by atoms with Crippen LogP contribution in [0.1, 0.15) is 30.4 Å². The minimum atomic E-state index is -3.24. The van der Waals surface area contributed by atoms with E-state index in [4.69, 9.17) is 5.11 Å². The molecule has 1 aromatic heterocycles. The summed E-state index contributed by atoms with van der Waals surface area (Å²) in [6.07, 6.45) is 1.31. The Kier molecular flexibility index (Phi) is 3.11. The van der Waals surface area contributed by atoms with Crippen LogP contribution in [-0.2, 0) is 10.0 Å². The van der Waals surface area contributed by atoms with Gasteiger partial charge in [-0.3, -0.25) is 0 Å². The van der Waals surface area contributed by atoms with Crippen molar-refractivity contribution in [3.63, 3.8) is 0 Å². The molecular formula is C9H14N4O4S. The van der Waals surface area contributed by atoms with E-state index in [0.717, 1.165) is 0 Å². The molecule has 2 rings (SSSR count). The summed E-state index contributed by atoms with van der Waals surface area (Å²) >= 11 is 0. The molecule has 1 aliphatic heterocycles. The molecule has 18 heavy (non-hydrogen) atoms. The van der Waals surface area contributed by atoms with E-state index in [1.807, 2.05) is 0 Å². The van der Waals surface area contributed by atoms with Crippen molar-refractivity contribution in [3.8, 4) is 0 Å². The minimum Gasteiger partial charge on any atom is -0.476 e. The van der Waals surface area contributed by atoms with Crippen molar-refractivity contribution >= 4 is 16.0 Å². The molecule has 0 spiro atoms.